The van der Waals surface area contributed by atoms with Gasteiger partial charge in [-0.2, -0.15) is 0 Å². The molecule has 0 fully saturated rings. The zero-order valence-corrected chi connectivity index (χ0v) is 9.41. The number of allylic oxidation sites excluding steroid dienone is 4. The highest BCUT2D eigenvalue weighted by molar-refractivity contribution is 5.58. The Morgan fingerprint density at radius 3 is 2.76 bits per heavy atom. The molecule has 2 aromatic rings. The number of aromatic nitrogens is 1. The van der Waals surface area contributed by atoms with Gasteiger partial charge in [0.1, 0.15) is 11.5 Å². The summed E-state index contributed by atoms with van der Waals surface area (Å²) in [5.41, 5.74) is 2.00. The summed E-state index contributed by atoms with van der Waals surface area (Å²) >= 11 is 0. The molecule has 2 heteroatoms. The third kappa shape index (κ3) is 2.07. The van der Waals surface area contributed by atoms with E-state index in [0.717, 1.165) is 23.4 Å². The molecule has 1 unspecified atom stereocenters. The van der Waals surface area contributed by atoms with E-state index in [0.29, 0.717) is 5.92 Å². The molecule has 1 atom stereocenters. The Bertz CT molecular complexity index is 551. The second-order valence-electron chi connectivity index (χ2n) is 4.14. The topological polar surface area (TPSA) is 26.0 Å². The van der Waals surface area contributed by atoms with Crippen molar-refractivity contribution in [1.82, 2.24) is 5.16 Å². The van der Waals surface area contributed by atoms with E-state index >= 15 is 0 Å². The molecule has 1 aliphatic rings. The number of rotatable bonds is 2. The van der Waals surface area contributed by atoms with Crippen molar-refractivity contribution in [3.05, 3.63) is 66.5 Å². The van der Waals surface area contributed by atoms with Crippen molar-refractivity contribution in [2.24, 2.45) is 0 Å². The van der Waals surface area contributed by atoms with E-state index in [9.17, 15) is 0 Å². The van der Waals surface area contributed by atoms with E-state index in [1.54, 1.807) is 0 Å². The highest BCUT2D eigenvalue weighted by Gasteiger charge is 2.14. The van der Waals surface area contributed by atoms with Gasteiger partial charge in [-0.05, 0) is 6.42 Å². The number of nitrogens with zero attached hydrogens (tertiary/aromatic N) is 1. The first-order valence-corrected chi connectivity index (χ1v) is 5.79. The zero-order valence-electron chi connectivity index (χ0n) is 9.41. The van der Waals surface area contributed by atoms with Crippen molar-refractivity contribution < 1.29 is 4.52 Å². The van der Waals surface area contributed by atoms with Gasteiger partial charge in [-0.1, -0.05) is 59.8 Å². The van der Waals surface area contributed by atoms with Crippen molar-refractivity contribution in [2.45, 2.75) is 12.3 Å². The molecule has 1 heterocycles. The van der Waals surface area contributed by atoms with Crippen LogP contribution in [0.3, 0.4) is 0 Å². The fourth-order valence-electron chi connectivity index (χ4n) is 2.00. The highest BCUT2D eigenvalue weighted by atomic mass is 16.5. The van der Waals surface area contributed by atoms with Crippen LogP contribution >= 0.6 is 0 Å². The normalized spacial score (nSPS) is 18.5. The van der Waals surface area contributed by atoms with E-state index in [1.807, 2.05) is 36.4 Å². The molecule has 0 radical (unpaired) electrons. The first-order chi connectivity index (χ1) is 8.43. The summed E-state index contributed by atoms with van der Waals surface area (Å²) in [4.78, 5) is 0. The lowest BCUT2D eigenvalue weighted by atomic mass is 9.97. The van der Waals surface area contributed by atoms with Gasteiger partial charge in [-0.3, -0.25) is 0 Å². The van der Waals surface area contributed by atoms with E-state index in [4.69, 9.17) is 4.52 Å². The van der Waals surface area contributed by atoms with Crippen molar-refractivity contribution in [3.63, 3.8) is 0 Å². The summed E-state index contributed by atoms with van der Waals surface area (Å²) in [6.45, 7) is 0. The van der Waals surface area contributed by atoms with Crippen LogP contribution < -0.4 is 0 Å². The second kappa shape index (κ2) is 4.42. The molecular formula is C15H13NO. The number of benzene rings is 1. The average molecular weight is 223 g/mol. The van der Waals surface area contributed by atoms with Crippen LogP contribution in [0, 0.1) is 0 Å². The second-order valence-corrected chi connectivity index (χ2v) is 4.14. The molecule has 0 saturated heterocycles. The van der Waals surface area contributed by atoms with Crippen LogP contribution in [-0.4, -0.2) is 5.16 Å². The number of hydrogen-bond donors (Lipinski definition) is 0. The third-order valence-corrected chi connectivity index (χ3v) is 2.94. The zero-order chi connectivity index (χ0) is 11.5. The molecule has 1 aliphatic carbocycles. The Morgan fingerprint density at radius 2 is 2.00 bits per heavy atom. The van der Waals surface area contributed by atoms with E-state index in [2.05, 4.69) is 29.5 Å². The SMILES string of the molecule is C1=CCC(c2cc(-c3ccccc3)no2)C=C1. The van der Waals surface area contributed by atoms with Crippen LogP contribution in [0.5, 0.6) is 0 Å². The lowest BCUT2D eigenvalue weighted by Crippen LogP contribution is -1.93. The molecule has 1 aromatic carbocycles. The Labute approximate surface area is 100 Å². The van der Waals surface area contributed by atoms with Gasteiger partial charge in [-0.25, -0.2) is 0 Å². The largest absolute Gasteiger partial charge is 0.360 e. The molecule has 17 heavy (non-hydrogen) atoms. The average Bonchev–Trinajstić information content (AvgIpc) is 2.90. The van der Waals surface area contributed by atoms with Gasteiger partial charge in [0.15, 0.2) is 0 Å². The van der Waals surface area contributed by atoms with Gasteiger partial charge in [0.25, 0.3) is 0 Å². The van der Waals surface area contributed by atoms with Crippen molar-refractivity contribution in [3.8, 4) is 11.3 Å². The minimum atomic E-state index is 0.324. The predicted molar refractivity (Wildman–Crippen MR) is 67.6 cm³/mol. The molecule has 0 bridgehead atoms. The minimum absolute atomic E-state index is 0.324. The van der Waals surface area contributed by atoms with Crippen LogP contribution in [0.15, 0.2) is 65.2 Å². The molecule has 3 rings (SSSR count). The van der Waals surface area contributed by atoms with Crippen molar-refractivity contribution in [1.29, 1.82) is 0 Å². The lowest BCUT2D eigenvalue weighted by Gasteiger charge is -2.07. The summed E-state index contributed by atoms with van der Waals surface area (Å²) in [6, 6.07) is 12.1. The lowest BCUT2D eigenvalue weighted by molar-refractivity contribution is 0.375. The summed E-state index contributed by atoms with van der Waals surface area (Å²) < 4.78 is 5.42. The van der Waals surface area contributed by atoms with Gasteiger partial charge >= 0.3 is 0 Å². The Hall–Kier alpha value is -2.09. The fourth-order valence-corrected chi connectivity index (χ4v) is 2.00. The van der Waals surface area contributed by atoms with Crippen LogP contribution in [0.25, 0.3) is 11.3 Å². The Balaban J connectivity index is 1.88. The first-order valence-electron chi connectivity index (χ1n) is 5.79. The fraction of sp³-hybridized carbons (Fsp3) is 0.133. The maximum atomic E-state index is 5.42. The third-order valence-electron chi connectivity index (χ3n) is 2.94. The van der Waals surface area contributed by atoms with Gasteiger partial charge in [0.2, 0.25) is 0 Å². The van der Waals surface area contributed by atoms with Crippen LogP contribution in [-0.2, 0) is 0 Å². The molecule has 0 saturated carbocycles. The Morgan fingerprint density at radius 1 is 1.12 bits per heavy atom. The van der Waals surface area contributed by atoms with E-state index < -0.39 is 0 Å². The Kier molecular flexibility index (Phi) is 2.62. The molecule has 1 aromatic heterocycles. The van der Waals surface area contributed by atoms with Crippen LogP contribution in [0.4, 0.5) is 0 Å². The smallest absolute Gasteiger partial charge is 0.144 e. The summed E-state index contributed by atoms with van der Waals surface area (Å²) in [6.07, 6.45) is 9.40. The van der Waals surface area contributed by atoms with Crippen LogP contribution in [0.1, 0.15) is 18.1 Å². The monoisotopic (exact) mass is 223 g/mol. The first kappa shape index (κ1) is 10.1. The van der Waals surface area contributed by atoms with Gasteiger partial charge in [0.05, 0.1) is 0 Å². The molecule has 0 N–H and O–H groups in total. The number of hydrogen-bond acceptors (Lipinski definition) is 2. The van der Waals surface area contributed by atoms with Gasteiger partial charge in [-0.15, -0.1) is 0 Å². The summed E-state index contributed by atoms with van der Waals surface area (Å²) in [7, 11) is 0. The van der Waals surface area contributed by atoms with Gasteiger partial charge in [0, 0.05) is 17.5 Å². The summed E-state index contributed by atoms with van der Waals surface area (Å²) in [5, 5.41) is 4.13. The minimum Gasteiger partial charge on any atom is -0.360 e. The highest BCUT2D eigenvalue weighted by Crippen LogP contribution is 2.28. The van der Waals surface area contributed by atoms with E-state index in [1.165, 1.54) is 0 Å². The molecule has 0 spiro atoms. The van der Waals surface area contributed by atoms with Crippen molar-refractivity contribution >= 4 is 0 Å². The maximum absolute atomic E-state index is 5.42. The predicted octanol–water partition coefficient (Wildman–Crippen LogP) is 3.94. The molecular weight excluding hydrogens is 210 g/mol. The molecule has 0 amide bonds. The standard InChI is InChI=1S/C15H13NO/c1-3-7-12(8-4-1)14-11-15(17-16-14)13-9-5-2-6-10-13/h1-9,11,13H,10H2. The van der Waals surface area contributed by atoms with Crippen molar-refractivity contribution in [2.75, 3.05) is 0 Å². The molecule has 0 aliphatic heterocycles. The van der Waals surface area contributed by atoms with E-state index in [-0.39, 0.29) is 0 Å². The summed E-state index contributed by atoms with van der Waals surface area (Å²) in [5.74, 6) is 1.26. The molecule has 2 nitrogen and oxygen atoms in total. The van der Waals surface area contributed by atoms with Crippen LogP contribution in [0.2, 0.25) is 0 Å². The van der Waals surface area contributed by atoms with Gasteiger partial charge < -0.3 is 4.52 Å². The maximum Gasteiger partial charge on any atom is 0.144 e. The molecule has 84 valence electrons. The quantitative estimate of drug-likeness (QED) is 0.770.